The summed E-state index contributed by atoms with van der Waals surface area (Å²) < 4.78 is 0. The van der Waals surface area contributed by atoms with Gasteiger partial charge in [-0.1, -0.05) is 30.7 Å². The highest BCUT2D eigenvalue weighted by molar-refractivity contribution is 5.87. The molecule has 0 radical (unpaired) electrons. The number of aromatic nitrogens is 3. The number of aromatic amines is 2. The molecule has 6 heteroatoms. The van der Waals surface area contributed by atoms with Crippen LogP contribution in [-0.2, 0) is 0 Å². The monoisotopic (exact) mass is 427 g/mol. The molecule has 1 aromatic carbocycles. The number of hydrogen-bond acceptors (Lipinski definition) is 4. The van der Waals surface area contributed by atoms with Gasteiger partial charge in [0.1, 0.15) is 5.82 Å². The molecule has 1 aliphatic carbocycles. The van der Waals surface area contributed by atoms with Crippen molar-refractivity contribution in [2.45, 2.75) is 38.1 Å². The fraction of sp³-hybridized carbons (Fsp3) is 0.385. The number of imidazole rings is 1. The summed E-state index contributed by atoms with van der Waals surface area (Å²) in [6.07, 6.45) is 6.58. The van der Waals surface area contributed by atoms with Gasteiger partial charge in [0.05, 0.1) is 16.6 Å². The topological polar surface area (TPSA) is 68.0 Å². The van der Waals surface area contributed by atoms with E-state index in [0.717, 1.165) is 41.4 Å². The van der Waals surface area contributed by atoms with Crippen molar-refractivity contribution in [3.63, 3.8) is 0 Å². The highest BCUT2D eigenvalue weighted by Gasteiger charge is 2.26. The Hall–Kier alpha value is -3.12. The molecule has 2 saturated heterocycles. The summed E-state index contributed by atoms with van der Waals surface area (Å²) >= 11 is 0. The Morgan fingerprint density at radius 2 is 1.69 bits per heavy atom. The van der Waals surface area contributed by atoms with Gasteiger partial charge in [-0.25, -0.2) is 4.98 Å². The molecule has 32 heavy (non-hydrogen) atoms. The predicted octanol–water partition coefficient (Wildman–Crippen LogP) is 4.48. The van der Waals surface area contributed by atoms with Crippen molar-refractivity contribution in [3.05, 3.63) is 58.9 Å². The number of benzene rings is 1. The molecule has 2 aromatic rings. The van der Waals surface area contributed by atoms with E-state index in [1.165, 1.54) is 50.9 Å². The van der Waals surface area contributed by atoms with E-state index in [2.05, 4.69) is 38.0 Å². The number of piperidine rings is 2. The lowest BCUT2D eigenvalue weighted by Gasteiger charge is -2.41. The average Bonchev–Trinajstić information content (AvgIpc) is 3.30. The van der Waals surface area contributed by atoms with Crippen LogP contribution in [0.5, 0.6) is 0 Å². The Morgan fingerprint density at radius 3 is 2.53 bits per heavy atom. The van der Waals surface area contributed by atoms with Crippen LogP contribution in [0.2, 0.25) is 0 Å². The van der Waals surface area contributed by atoms with Gasteiger partial charge in [-0.15, -0.1) is 0 Å². The molecular weight excluding hydrogens is 398 g/mol. The number of likely N-dealkylation sites (tertiary alicyclic amines) is 1. The van der Waals surface area contributed by atoms with Crippen molar-refractivity contribution < 1.29 is 0 Å². The lowest BCUT2D eigenvalue weighted by molar-refractivity contribution is 0.141. The van der Waals surface area contributed by atoms with E-state index in [-0.39, 0.29) is 5.56 Å². The molecule has 3 aliphatic heterocycles. The molecular formula is C26H29N5O. The second kappa shape index (κ2) is 8.10. The summed E-state index contributed by atoms with van der Waals surface area (Å²) in [5.41, 5.74) is 5.30. The SMILES string of the molecule is O=c1[nH]c2cccccc-2c1-c1nc2cc(N3CCC(N4CCCCC4)CC3)ccc2[nH]1. The fourth-order valence-corrected chi connectivity index (χ4v) is 5.50. The number of nitrogens with zero attached hydrogens (tertiary/aromatic N) is 3. The molecule has 0 bridgehead atoms. The minimum atomic E-state index is -0.106. The Bertz CT molecular complexity index is 1260. The maximum atomic E-state index is 12.7. The summed E-state index contributed by atoms with van der Waals surface area (Å²) in [6.45, 7) is 4.74. The Balaban J connectivity index is 1.25. The van der Waals surface area contributed by atoms with E-state index >= 15 is 0 Å². The number of nitrogens with one attached hydrogen (secondary N) is 2. The summed E-state index contributed by atoms with van der Waals surface area (Å²) in [5.74, 6) is 0.628. The van der Waals surface area contributed by atoms with Crippen molar-refractivity contribution in [1.29, 1.82) is 0 Å². The third kappa shape index (κ3) is 3.48. The zero-order chi connectivity index (χ0) is 21.5. The molecule has 0 spiro atoms. The van der Waals surface area contributed by atoms with Crippen LogP contribution < -0.4 is 10.5 Å². The Kier molecular flexibility index (Phi) is 4.95. The first-order valence-electron chi connectivity index (χ1n) is 11.9. The smallest absolute Gasteiger partial charge is 0.260 e. The van der Waals surface area contributed by atoms with Crippen molar-refractivity contribution in [2.24, 2.45) is 0 Å². The second-order valence-electron chi connectivity index (χ2n) is 9.17. The number of fused-ring (bicyclic) bond motifs is 2. The first kappa shape index (κ1) is 19.6. The van der Waals surface area contributed by atoms with Gasteiger partial charge >= 0.3 is 0 Å². The van der Waals surface area contributed by atoms with Gasteiger partial charge in [0.2, 0.25) is 0 Å². The number of anilines is 1. The van der Waals surface area contributed by atoms with Gasteiger partial charge in [-0.3, -0.25) is 4.79 Å². The Labute approximate surface area is 187 Å². The van der Waals surface area contributed by atoms with Gasteiger partial charge in [0.15, 0.2) is 0 Å². The summed E-state index contributed by atoms with van der Waals surface area (Å²) in [5, 5.41) is 0. The Morgan fingerprint density at radius 1 is 0.875 bits per heavy atom. The molecule has 0 saturated carbocycles. The number of hydrogen-bond donors (Lipinski definition) is 2. The summed E-state index contributed by atoms with van der Waals surface area (Å²) in [4.78, 5) is 29.0. The van der Waals surface area contributed by atoms with Crippen LogP contribution in [-0.4, -0.2) is 52.1 Å². The minimum Gasteiger partial charge on any atom is -0.371 e. The highest BCUT2D eigenvalue weighted by atomic mass is 16.1. The molecule has 2 fully saturated rings. The number of rotatable bonds is 3. The van der Waals surface area contributed by atoms with E-state index in [0.29, 0.717) is 11.4 Å². The van der Waals surface area contributed by atoms with Crippen molar-refractivity contribution >= 4 is 16.7 Å². The van der Waals surface area contributed by atoms with Crippen molar-refractivity contribution in [3.8, 4) is 22.6 Å². The molecule has 164 valence electrons. The lowest BCUT2D eigenvalue weighted by atomic mass is 9.99. The van der Waals surface area contributed by atoms with Gasteiger partial charge in [-0.05, 0) is 63.0 Å². The molecule has 6 nitrogen and oxygen atoms in total. The fourth-order valence-electron chi connectivity index (χ4n) is 5.50. The molecule has 4 heterocycles. The quantitative estimate of drug-likeness (QED) is 0.506. The first-order valence-corrected chi connectivity index (χ1v) is 11.9. The third-order valence-electron chi connectivity index (χ3n) is 7.22. The molecule has 0 unspecified atom stereocenters. The van der Waals surface area contributed by atoms with Gasteiger partial charge in [0.25, 0.3) is 5.56 Å². The molecule has 6 rings (SSSR count). The molecule has 2 N–H and O–H groups in total. The van der Waals surface area contributed by atoms with E-state index in [1.807, 2.05) is 30.3 Å². The first-order chi connectivity index (χ1) is 15.8. The van der Waals surface area contributed by atoms with E-state index in [4.69, 9.17) is 4.98 Å². The maximum Gasteiger partial charge on any atom is 0.260 e. The van der Waals surface area contributed by atoms with E-state index in [1.54, 1.807) is 0 Å². The van der Waals surface area contributed by atoms with Crippen LogP contribution in [0.25, 0.3) is 33.7 Å². The van der Waals surface area contributed by atoms with Gasteiger partial charge < -0.3 is 19.8 Å². The van der Waals surface area contributed by atoms with Crippen LogP contribution >= 0.6 is 0 Å². The van der Waals surface area contributed by atoms with Crippen molar-refractivity contribution in [2.75, 3.05) is 31.1 Å². The van der Waals surface area contributed by atoms with Crippen LogP contribution in [0.15, 0.2) is 53.3 Å². The molecule has 4 aliphatic rings. The molecule has 0 atom stereocenters. The minimum absolute atomic E-state index is 0.106. The molecule has 0 amide bonds. The standard InChI is InChI=1S/C26H29N5O/c32-26-24(20-7-3-1-4-8-21(20)29-26)25-27-22-10-9-19(17-23(22)28-25)31-15-11-18(12-16-31)30-13-5-2-6-14-30/h1,3-4,7-10,17-18H,2,5-6,11-16H2,(H,27,28)(H,29,32). The molecule has 1 aromatic heterocycles. The van der Waals surface area contributed by atoms with Crippen molar-refractivity contribution in [1.82, 2.24) is 19.9 Å². The largest absolute Gasteiger partial charge is 0.371 e. The van der Waals surface area contributed by atoms with Crippen LogP contribution in [0.4, 0.5) is 5.69 Å². The predicted molar refractivity (Wildman–Crippen MR) is 129 cm³/mol. The summed E-state index contributed by atoms with van der Waals surface area (Å²) in [6, 6.07) is 16.9. The normalized spacial score (nSPS) is 18.6. The lowest BCUT2D eigenvalue weighted by Crippen LogP contribution is -2.46. The van der Waals surface area contributed by atoms with Crippen LogP contribution in [0.3, 0.4) is 0 Å². The van der Waals surface area contributed by atoms with E-state index < -0.39 is 0 Å². The second-order valence-corrected chi connectivity index (χ2v) is 9.17. The van der Waals surface area contributed by atoms with Crippen LogP contribution in [0, 0.1) is 0 Å². The highest BCUT2D eigenvalue weighted by Crippen LogP contribution is 2.31. The average molecular weight is 428 g/mol. The van der Waals surface area contributed by atoms with Gasteiger partial charge in [0, 0.05) is 36.1 Å². The summed E-state index contributed by atoms with van der Waals surface area (Å²) in [7, 11) is 0. The van der Waals surface area contributed by atoms with Crippen LogP contribution in [0.1, 0.15) is 32.1 Å². The number of H-pyrrole nitrogens is 2. The zero-order valence-corrected chi connectivity index (χ0v) is 18.3. The third-order valence-corrected chi connectivity index (χ3v) is 7.22. The maximum absolute atomic E-state index is 12.7. The van der Waals surface area contributed by atoms with Gasteiger partial charge in [-0.2, -0.15) is 0 Å². The van der Waals surface area contributed by atoms with E-state index in [9.17, 15) is 4.79 Å². The zero-order valence-electron chi connectivity index (χ0n) is 18.3.